The van der Waals surface area contributed by atoms with Crippen LogP contribution in [0.15, 0.2) is 28.9 Å². The van der Waals surface area contributed by atoms with Crippen LogP contribution in [0.3, 0.4) is 0 Å². The van der Waals surface area contributed by atoms with Crippen LogP contribution in [0.1, 0.15) is 12.8 Å². The summed E-state index contributed by atoms with van der Waals surface area (Å²) in [6, 6.07) is 5.78. The second-order valence-electron chi connectivity index (χ2n) is 5.55. The molecule has 1 atom stereocenters. The fourth-order valence-electron chi connectivity index (χ4n) is 2.70. The van der Waals surface area contributed by atoms with Crippen molar-refractivity contribution in [2.45, 2.75) is 18.9 Å². The summed E-state index contributed by atoms with van der Waals surface area (Å²) in [6.45, 7) is 1.43. The molecule has 6 nitrogen and oxygen atoms in total. The smallest absolute Gasteiger partial charge is 0.225 e. The molecule has 1 saturated heterocycles. The molecular formula is C14H17BrN4O2S. The van der Waals surface area contributed by atoms with Gasteiger partial charge in [0.15, 0.2) is 0 Å². The van der Waals surface area contributed by atoms with Gasteiger partial charge >= 0.3 is 0 Å². The quantitative estimate of drug-likeness (QED) is 0.874. The van der Waals surface area contributed by atoms with Crippen molar-refractivity contribution < 1.29 is 8.42 Å². The van der Waals surface area contributed by atoms with E-state index in [9.17, 15) is 8.42 Å². The number of aromatic nitrogens is 2. The minimum absolute atomic E-state index is 0.0898. The Bertz CT molecular complexity index is 797. The monoisotopic (exact) mass is 384 g/mol. The van der Waals surface area contributed by atoms with E-state index in [1.807, 2.05) is 23.1 Å². The summed E-state index contributed by atoms with van der Waals surface area (Å²) in [4.78, 5) is 11.0. The van der Waals surface area contributed by atoms with E-state index in [2.05, 4.69) is 30.6 Å². The van der Waals surface area contributed by atoms with Crippen molar-refractivity contribution in [3.8, 4) is 0 Å². The van der Waals surface area contributed by atoms with Gasteiger partial charge in [-0.15, -0.1) is 0 Å². The summed E-state index contributed by atoms with van der Waals surface area (Å²) in [5, 5.41) is 0.973. The molecule has 0 bridgehead atoms. The number of halogens is 1. The molecule has 1 unspecified atom stereocenters. The number of hydrogen-bond acceptors (Lipinski definition) is 5. The third kappa shape index (κ3) is 3.74. The van der Waals surface area contributed by atoms with Crippen molar-refractivity contribution in [3.05, 3.63) is 28.9 Å². The molecule has 1 aromatic heterocycles. The molecule has 0 radical (unpaired) electrons. The molecule has 118 valence electrons. The van der Waals surface area contributed by atoms with Crippen molar-refractivity contribution in [2.24, 2.45) is 0 Å². The van der Waals surface area contributed by atoms with Crippen LogP contribution in [-0.4, -0.2) is 43.8 Å². The maximum absolute atomic E-state index is 11.4. The molecule has 0 spiro atoms. The highest BCUT2D eigenvalue weighted by Gasteiger charge is 2.24. The lowest BCUT2D eigenvalue weighted by molar-refractivity contribution is 0.463. The number of benzene rings is 1. The predicted octanol–water partition coefficient (Wildman–Crippen LogP) is 1.91. The van der Waals surface area contributed by atoms with E-state index in [-0.39, 0.29) is 6.04 Å². The lowest BCUT2D eigenvalue weighted by atomic mass is 10.1. The van der Waals surface area contributed by atoms with Gasteiger partial charge in [-0.1, -0.05) is 15.9 Å². The first kappa shape index (κ1) is 15.6. The van der Waals surface area contributed by atoms with E-state index >= 15 is 0 Å². The molecule has 2 heterocycles. The maximum atomic E-state index is 11.4. The molecule has 1 aliphatic heterocycles. The zero-order valence-corrected chi connectivity index (χ0v) is 14.6. The lowest BCUT2D eigenvalue weighted by Gasteiger charge is -2.32. The van der Waals surface area contributed by atoms with Gasteiger partial charge in [0.05, 0.1) is 11.8 Å². The van der Waals surface area contributed by atoms with E-state index in [1.165, 1.54) is 6.26 Å². The van der Waals surface area contributed by atoms with Crippen molar-refractivity contribution in [3.63, 3.8) is 0 Å². The number of anilines is 1. The first-order chi connectivity index (χ1) is 10.4. The minimum atomic E-state index is -3.19. The molecular weight excluding hydrogens is 368 g/mol. The lowest BCUT2D eigenvalue weighted by Crippen LogP contribution is -2.47. The SMILES string of the molecule is CS(=O)(=O)NC1CCCN(c2ncc3cc(Br)ccc3n2)C1. The van der Waals surface area contributed by atoms with Crippen LogP contribution in [0.4, 0.5) is 5.95 Å². The van der Waals surface area contributed by atoms with E-state index in [1.54, 1.807) is 6.20 Å². The fourth-order valence-corrected chi connectivity index (χ4v) is 3.88. The summed E-state index contributed by atoms with van der Waals surface area (Å²) < 4.78 is 26.4. The van der Waals surface area contributed by atoms with Crippen LogP contribution in [0, 0.1) is 0 Å². The number of sulfonamides is 1. The molecule has 1 aromatic carbocycles. The second kappa shape index (κ2) is 6.10. The highest BCUT2D eigenvalue weighted by atomic mass is 79.9. The van der Waals surface area contributed by atoms with Crippen molar-refractivity contribution in [1.82, 2.24) is 14.7 Å². The van der Waals surface area contributed by atoms with E-state index in [4.69, 9.17) is 0 Å². The standard InChI is InChI=1S/C14H17BrN4O2S/c1-22(20,21)18-12-3-2-6-19(9-12)14-16-8-10-7-11(15)4-5-13(10)17-14/h4-5,7-8,12,18H,2-3,6,9H2,1H3. The summed E-state index contributed by atoms with van der Waals surface area (Å²) in [7, 11) is -3.19. The number of rotatable bonds is 3. The number of hydrogen-bond donors (Lipinski definition) is 1. The molecule has 3 rings (SSSR count). The maximum Gasteiger partial charge on any atom is 0.225 e. The van der Waals surface area contributed by atoms with Crippen LogP contribution in [0.5, 0.6) is 0 Å². The molecule has 0 amide bonds. The molecule has 1 N–H and O–H groups in total. The fraction of sp³-hybridized carbons (Fsp3) is 0.429. The Hall–Kier alpha value is -1.25. The zero-order chi connectivity index (χ0) is 15.7. The largest absolute Gasteiger partial charge is 0.339 e. The van der Waals surface area contributed by atoms with Crippen molar-refractivity contribution >= 4 is 42.8 Å². The number of nitrogens with one attached hydrogen (secondary N) is 1. The third-order valence-corrected chi connectivity index (χ3v) is 4.87. The van der Waals surface area contributed by atoms with Crippen LogP contribution < -0.4 is 9.62 Å². The summed E-state index contributed by atoms with van der Waals surface area (Å²) in [5.74, 6) is 0.648. The molecule has 0 saturated carbocycles. The topological polar surface area (TPSA) is 75.2 Å². The first-order valence-corrected chi connectivity index (χ1v) is 9.74. The van der Waals surface area contributed by atoms with Gasteiger partial charge in [-0.3, -0.25) is 0 Å². The van der Waals surface area contributed by atoms with Gasteiger partial charge in [0.2, 0.25) is 16.0 Å². The predicted molar refractivity (Wildman–Crippen MR) is 90.5 cm³/mol. The third-order valence-electron chi connectivity index (χ3n) is 3.61. The van der Waals surface area contributed by atoms with E-state index in [0.717, 1.165) is 34.8 Å². The van der Waals surface area contributed by atoms with Gasteiger partial charge in [0.1, 0.15) is 0 Å². The Kier molecular flexibility index (Phi) is 4.33. The van der Waals surface area contributed by atoms with Gasteiger partial charge in [0.25, 0.3) is 0 Å². The zero-order valence-electron chi connectivity index (χ0n) is 12.2. The highest BCUT2D eigenvalue weighted by molar-refractivity contribution is 9.10. The molecule has 1 fully saturated rings. The van der Waals surface area contributed by atoms with Crippen LogP contribution in [0.2, 0.25) is 0 Å². The van der Waals surface area contributed by atoms with Gasteiger partial charge < -0.3 is 4.90 Å². The minimum Gasteiger partial charge on any atom is -0.339 e. The van der Waals surface area contributed by atoms with Gasteiger partial charge in [-0.2, -0.15) is 0 Å². The van der Waals surface area contributed by atoms with E-state index < -0.39 is 10.0 Å². The Morgan fingerprint density at radius 3 is 3.00 bits per heavy atom. The Balaban J connectivity index is 1.82. The van der Waals surface area contributed by atoms with E-state index in [0.29, 0.717) is 12.5 Å². The molecule has 2 aromatic rings. The molecule has 22 heavy (non-hydrogen) atoms. The van der Waals surface area contributed by atoms with Crippen molar-refractivity contribution in [1.29, 1.82) is 0 Å². The normalized spacial score (nSPS) is 19.5. The van der Waals surface area contributed by atoms with Crippen molar-refractivity contribution in [2.75, 3.05) is 24.2 Å². The average Bonchev–Trinajstić information content (AvgIpc) is 2.45. The number of piperidine rings is 1. The van der Waals surface area contributed by atoms with Crippen LogP contribution in [0.25, 0.3) is 10.9 Å². The van der Waals surface area contributed by atoms with Crippen LogP contribution in [-0.2, 0) is 10.0 Å². The van der Waals surface area contributed by atoms with Gasteiger partial charge in [0, 0.05) is 35.2 Å². The van der Waals surface area contributed by atoms with Gasteiger partial charge in [-0.25, -0.2) is 23.1 Å². The Morgan fingerprint density at radius 2 is 2.23 bits per heavy atom. The Morgan fingerprint density at radius 1 is 1.41 bits per heavy atom. The molecule has 1 aliphatic rings. The molecule has 0 aliphatic carbocycles. The van der Waals surface area contributed by atoms with Crippen LogP contribution >= 0.6 is 15.9 Å². The summed E-state index contributed by atoms with van der Waals surface area (Å²) in [5.41, 5.74) is 0.881. The Labute approximate surface area is 138 Å². The second-order valence-corrected chi connectivity index (χ2v) is 8.24. The number of nitrogens with zero attached hydrogens (tertiary/aromatic N) is 3. The first-order valence-electron chi connectivity index (χ1n) is 7.05. The number of fused-ring (bicyclic) bond motifs is 1. The summed E-state index contributed by atoms with van der Waals surface area (Å²) in [6.07, 6.45) is 4.74. The summed E-state index contributed by atoms with van der Waals surface area (Å²) >= 11 is 3.43. The molecule has 8 heteroatoms. The highest BCUT2D eigenvalue weighted by Crippen LogP contribution is 2.21. The van der Waals surface area contributed by atoms with Gasteiger partial charge in [-0.05, 0) is 31.0 Å². The average molecular weight is 385 g/mol.